The molecule has 0 aromatic carbocycles. The molecule has 0 bridgehead atoms. The first-order valence-corrected chi connectivity index (χ1v) is 7.24. The summed E-state index contributed by atoms with van der Waals surface area (Å²) >= 11 is 0. The van der Waals surface area contributed by atoms with Crippen LogP contribution in [0, 0.1) is 11.8 Å². The minimum absolute atomic E-state index is 0.621. The van der Waals surface area contributed by atoms with Crippen LogP contribution in [0.5, 0.6) is 0 Å². The molecule has 6 atom stereocenters. The van der Waals surface area contributed by atoms with Crippen molar-refractivity contribution in [2.75, 3.05) is 0 Å². The van der Waals surface area contributed by atoms with Crippen molar-refractivity contribution in [3.8, 4) is 0 Å². The molecule has 2 heterocycles. The molecule has 2 aliphatic carbocycles. The highest BCUT2D eigenvalue weighted by Gasteiger charge is 2.55. The van der Waals surface area contributed by atoms with E-state index >= 15 is 0 Å². The van der Waals surface area contributed by atoms with Crippen molar-refractivity contribution in [2.24, 2.45) is 11.8 Å². The van der Waals surface area contributed by atoms with Crippen LogP contribution in [-0.4, -0.2) is 24.4 Å². The smallest absolute Gasteiger partial charge is 0.0873 e. The largest absolute Gasteiger partial charge is 0.369 e. The van der Waals surface area contributed by atoms with Crippen molar-refractivity contribution >= 4 is 0 Å². The summed E-state index contributed by atoms with van der Waals surface area (Å²) < 4.78 is 11.8. The van der Waals surface area contributed by atoms with Gasteiger partial charge in [-0.1, -0.05) is 25.7 Å². The molecule has 2 heteroatoms. The Morgan fingerprint density at radius 1 is 0.562 bits per heavy atom. The van der Waals surface area contributed by atoms with Crippen LogP contribution in [0.1, 0.15) is 51.4 Å². The minimum atomic E-state index is 0.621. The van der Waals surface area contributed by atoms with Crippen LogP contribution in [0.3, 0.4) is 0 Å². The van der Waals surface area contributed by atoms with Gasteiger partial charge in [-0.15, -0.1) is 0 Å². The predicted molar refractivity (Wildman–Crippen MR) is 61.2 cm³/mol. The quantitative estimate of drug-likeness (QED) is 0.637. The van der Waals surface area contributed by atoms with Crippen molar-refractivity contribution in [1.82, 2.24) is 0 Å². The van der Waals surface area contributed by atoms with Crippen molar-refractivity contribution < 1.29 is 9.47 Å². The van der Waals surface area contributed by atoms with E-state index in [0.29, 0.717) is 24.4 Å². The lowest BCUT2D eigenvalue weighted by Gasteiger charge is -2.23. The Hall–Kier alpha value is -0.0800. The fourth-order valence-corrected chi connectivity index (χ4v) is 4.23. The highest BCUT2D eigenvalue weighted by molar-refractivity contribution is 5.02. The molecule has 0 radical (unpaired) electrons. The number of ether oxygens (including phenoxy) is 2. The van der Waals surface area contributed by atoms with Crippen LogP contribution in [0.25, 0.3) is 0 Å². The summed E-state index contributed by atoms with van der Waals surface area (Å²) in [5.41, 5.74) is 0. The summed E-state index contributed by atoms with van der Waals surface area (Å²) in [5.74, 6) is 1.67. The lowest BCUT2D eigenvalue weighted by Crippen LogP contribution is -2.25. The van der Waals surface area contributed by atoms with Gasteiger partial charge in [-0.3, -0.25) is 0 Å². The molecular weight excluding hydrogens is 200 g/mol. The summed E-state index contributed by atoms with van der Waals surface area (Å²) in [6.45, 7) is 0. The summed E-state index contributed by atoms with van der Waals surface area (Å²) in [6, 6.07) is 0. The van der Waals surface area contributed by atoms with Crippen LogP contribution in [-0.2, 0) is 9.47 Å². The first kappa shape index (κ1) is 9.90. The molecule has 16 heavy (non-hydrogen) atoms. The fraction of sp³-hybridized carbons (Fsp3) is 1.00. The molecule has 0 aromatic heterocycles. The van der Waals surface area contributed by atoms with E-state index in [1.807, 2.05) is 0 Å². The molecule has 0 spiro atoms. The SMILES string of the molecule is C1CCC(C2CCCCC3OC32)C2OC2C1. The summed E-state index contributed by atoms with van der Waals surface area (Å²) in [6.07, 6.45) is 13.6. The van der Waals surface area contributed by atoms with E-state index in [1.54, 1.807) is 0 Å². The summed E-state index contributed by atoms with van der Waals surface area (Å²) in [4.78, 5) is 0. The molecule has 0 N–H and O–H groups in total. The Kier molecular flexibility index (Phi) is 2.29. The van der Waals surface area contributed by atoms with E-state index in [0.717, 1.165) is 11.8 Å². The molecule has 2 nitrogen and oxygen atoms in total. The number of epoxide rings is 2. The first-order valence-electron chi connectivity index (χ1n) is 7.24. The Morgan fingerprint density at radius 2 is 1.00 bits per heavy atom. The Labute approximate surface area is 97.7 Å². The number of hydrogen-bond donors (Lipinski definition) is 0. The first-order chi connectivity index (χ1) is 7.93. The molecular formula is C14H22O2. The van der Waals surface area contributed by atoms with Gasteiger partial charge in [-0.05, 0) is 37.5 Å². The van der Waals surface area contributed by atoms with Gasteiger partial charge in [0.05, 0.1) is 24.4 Å². The van der Waals surface area contributed by atoms with Crippen LogP contribution < -0.4 is 0 Å². The molecule has 2 aliphatic heterocycles. The zero-order valence-electron chi connectivity index (χ0n) is 9.94. The van der Waals surface area contributed by atoms with Crippen LogP contribution >= 0.6 is 0 Å². The normalized spacial score (nSPS) is 55.5. The van der Waals surface area contributed by atoms with E-state index in [9.17, 15) is 0 Å². The highest BCUT2D eigenvalue weighted by atomic mass is 16.6. The van der Waals surface area contributed by atoms with Crippen molar-refractivity contribution in [1.29, 1.82) is 0 Å². The number of hydrogen-bond acceptors (Lipinski definition) is 2. The van der Waals surface area contributed by atoms with Gasteiger partial charge >= 0.3 is 0 Å². The summed E-state index contributed by atoms with van der Waals surface area (Å²) in [7, 11) is 0. The van der Waals surface area contributed by atoms with Crippen LogP contribution in [0.2, 0.25) is 0 Å². The second kappa shape index (κ2) is 3.71. The molecule has 4 fully saturated rings. The Morgan fingerprint density at radius 3 is 1.50 bits per heavy atom. The average molecular weight is 222 g/mol. The molecule has 6 unspecified atom stereocenters. The minimum Gasteiger partial charge on any atom is -0.369 e. The van der Waals surface area contributed by atoms with Gasteiger partial charge in [0.1, 0.15) is 0 Å². The van der Waals surface area contributed by atoms with Gasteiger partial charge in [-0.2, -0.15) is 0 Å². The van der Waals surface area contributed by atoms with Gasteiger partial charge in [0.2, 0.25) is 0 Å². The van der Waals surface area contributed by atoms with Crippen LogP contribution in [0.15, 0.2) is 0 Å². The standard InChI is InChI=1S/C14H22O2/c1-3-7-11-13(15-11)9(5-1)10-6-2-4-8-12-14(10)16-12/h9-14H,1-8H2. The monoisotopic (exact) mass is 222 g/mol. The third-order valence-electron chi connectivity index (χ3n) is 5.19. The van der Waals surface area contributed by atoms with E-state index in [-0.39, 0.29) is 0 Å². The maximum atomic E-state index is 5.88. The van der Waals surface area contributed by atoms with Crippen LogP contribution in [0.4, 0.5) is 0 Å². The molecule has 2 saturated carbocycles. The summed E-state index contributed by atoms with van der Waals surface area (Å²) in [5, 5.41) is 0. The fourth-order valence-electron chi connectivity index (χ4n) is 4.23. The lowest BCUT2D eigenvalue weighted by atomic mass is 9.81. The topological polar surface area (TPSA) is 25.1 Å². The van der Waals surface area contributed by atoms with E-state index in [1.165, 1.54) is 51.4 Å². The zero-order valence-corrected chi connectivity index (χ0v) is 9.94. The van der Waals surface area contributed by atoms with Gasteiger partial charge in [0.25, 0.3) is 0 Å². The second-order valence-corrected chi connectivity index (χ2v) is 6.17. The van der Waals surface area contributed by atoms with Gasteiger partial charge < -0.3 is 9.47 Å². The van der Waals surface area contributed by atoms with Crippen molar-refractivity contribution in [3.63, 3.8) is 0 Å². The van der Waals surface area contributed by atoms with Gasteiger partial charge in [-0.25, -0.2) is 0 Å². The zero-order chi connectivity index (χ0) is 10.5. The third-order valence-corrected chi connectivity index (χ3v) is 5.19. The average Bonchev–Trinajstić information content (AvgIpc) is 3.12. The number of fused-ring (bicyclic) bond motifs is 2. The molecule has 4 rings (SSSR count). The molecule has 2 saturated heterocycles. The second-order valence-electron chi connectivity index (χ2n) is 6.17. The Balaban J connectivity index is 1.50. The maximum Gasteiger partial charge on any atom is 0.0873 e. The van der Waals surface area contributed by atoms with Gasteiger partial charge in [0.15, 0.2) is 0 Å². The molecule has 0 amide bonds. The molecule has 90 valence electrons. The maximum absolute atomic E-state index is 5.88. The van der Waals surface area contributed by atoms with E-state index in [4.69, 9.17) is 9.47 Å². The van der Waals surface area contributed by atoms with Crippen molar-refractivity contribution in [3.05, 3.63) is 0 Å². The highest BCUT2D eigenvalue weighted by Crippen LogP contribution is 2.50. The molecule has 4 aliphatic rings. The van der Waals surface area contributed by atoms with Gasteiger partial charge in [0, 0.05) is 0 Å². The predicted octanol–water partition coefficient (Wildman–Crippen LogP) is 2.90. The third kappa shape index (κ3) is 1.62. The Bertz CT molecular complexity index is 250. The van der Waals surface area contributed by atoms with Crippen molar-refractivity contribution in [2.45, 2.75) is 75.8 Å². The molecule has 0 aromatic rings. The number of rotatable bonds is 1. The van der Waals surface area contributed by atoms with E-state index < -0.39 is 0 Å². The van der Waals surface area contributed by atoms with E-state index in [2.05, 4.69) is 0 Å². The lowest BCUT2D eigenvalue weighted by molar-refractivity contribution is 0.171.